The van der Waals surface area contributed by atoms with Crippen LogP contribution in [0.5, 0.6) is 0 Å². The van der Waals surface area contributed by atoms with Crippen LogP contribution < -0.4 is 16.0 Å². The maximum Gasteiger partial charge on any atom is 0.319 e. The Hall–Kier alpha value is -1.55. The molecule has 0 aliphatic heterocycles. The molecule has 0 bridgehead atoms. The molecule has 1 aliphatic carbocycles. The Kier molecular flexibility index (Phi) is 4.43. The smallest absolute Gasteiger partial charge is 0.319 e. The molecule has 1 saturated carbocycles. The molecule has 19 heavy (non-hydrogen) atoms. The molecule has 2 rings (SSSR count). The van der Waals surface area contributed by atoms with E-state index in [4.69, 9.17) is 0 Å². The summed E-state index contributed by atoms with van der Waals surface area (Å²) in [6.07, 6.45) is 2.47. The SMILES string of the molecule is CNC(C)c1cccc(NC(=O)NC(C)C2CC2)c1. The lowest BCUT2D eigenvalue weighted by atomic mass is 10.1. The number of urea groups is 1. The number of hydrogen-bond acceptors (Lipinski definition) is 2. The van der Waals surface area contributed by atoms with Crippen molar-refractivity contribution in [2.45, 2.75) is 38.8 Å². The molecule has 0 saturated heterocycles. The minimum atomic E-state index is -0.117. The van der Waals surface area contributed by atoms with Gasteiger partial charge in [0.25, 0.3) is 0 Å². The molecule has 2 amide bonds. The number of carbonyl (C=O) groups excluding carboxylic acids is 1. The second-order valence-electron chi connectivity index (χ2n) is 5.36. The summed E-state index contributed by atoms with van der Waals surface area (Å²) in [5.41, 5.74) is 2.00. The van der Waals surface area contributed by atoms with Crippen molar-refractivity contribution in [1.29, 1.82) is 0 Å². The van der Waals surface area contributed by atoms with Gasteiger partial charge in [-0.15, -0.1) is 0 Å². The molecule has 1 aromatic carbocycles. The molecule has 4 nitrogen and oxygen atoms in total. The highest BCUT2D eigenvalue weighted by molar-refractivity contribution is 5.89. The standard InChI is InChI=1S/C15H23N3O/c1-10(16-3)13-5-4-6-14(9-13)18-15(19)17-11(2)12-7-8-12/h4-6,9-12,16H,7-8H2,1-3H3,(H2,17,18,19). The first kappa shape index (κ1) is 13.9. The monoisotopic (exact) mass is 261 g/mol. The minimum absolute atomic E-state index is 0.117. The number of amides is 2. The Balaban J connectivity index is 1.92. The van der Waals surface area contributed by atoms with Crippen molar-refractivity contribution in [2.24, 2.45) is 5.92 Å². The van der Waals surface area contributed by atoms with E-state index >= 15 is 0 Å². The summed E-state index contributed by atoms with van der Waals surface area (Å²) in [6.45, 7) is 4.16. The highest BCUT2D eigenvalue weighted by Gasteiger charge is 2.28. The van der Waals surface area contributed by atoms with Crippen molar-refractivity contribution in [3.05, 3.63) is 29.8 Å². The average molecular weight is 261 g/mol. The van der Waals surface area contributed by atoms with Gasteiger partial charge in [-0.05, 0) is 57.4 Å². The van der Waals surface area contributed by atoms with Crippen LogP contribution in [0.25, 0.3) is 0 Å². The highest BCUT2D eigenvalue weighted by Crippen LogP contribution is 2.32. The molecule has 0 heterocycles. The zero-order valence-electron chi connectivity index (χ0n) is 11.9. The number of benzene rings is 1. The van der Waals surface area contributed by atoms with E-state index in [0.29, 0.717) is 5.92 Å². The minimum Gasteiger partial charge on any atom is -0.335 e. The fraction of sp³-hybridized carbons (Fsp3) is 0.533. The number of nitrogens with one attached hydrogen (secondary N) is 3. The van der Waals surface area contributed by atoms with Gasteiger partial charge in [-0.2, -0.15) is 0 Å². The fourth-order valence-electron chi connectivity index (χ4n) is 2.14. The number of hydrogen-bond donors (Lipinski definition) is 3. The van der Waals surface area contributed by atoms with Crippen LogP contribution in [0, 0.1) is 5.92 Å². The summed E-state index contributed by atoms with van der Waals surface area (Å²) in [4.78, 5) is 11.9. The third kappa shape index (κ3) is 3.96. The van der Waals surface area contributed by atoms with Gasteiger partial charge in [0.05, 0.1) is 0 Å². The van der Waals surface area contributed by atoms with Gasteiger partial charge in [0.1, 0.15) is 0 Å². The Labute approximate surface area is 115 Å². The largest absolute Gasteiger partial charge is 0.335 e. The summed E-state index contributed by atoms with van der Waals surface area (Å²) < 4.78 is 0. The first-order chi connectivity index (χ1) is 9.10. The molecule has 2 unspecified atom stereocenters. The van der Waals surface area contributed by atoms with Crippen LogP contribution in [0.1, 0.15) is 38.3 Å². The fourth-order valence-corrected chi connectivity index (χ4v) is 2.14. The van der Waals surface area contributed by atoms with Gasteiger partial charge in [-0.25, -0.2) is 4.79 Å². The maximum atomic E-state index is 11.9. The van der Waals surface area contributed by atoms with Gasteiger partial charge in [-0.3, -0.25) is 0 Å². The third-order valence-electron chi connectivity index (χ3n) is 3.77. The molecule has 0 spiro atoms. The second-order valence-corrected chi connectivity index (χ2v) is 5.36. The van der Waals surface area contributed by atoms with Crippen molar-refractivity contribution in [2.75, 3.05) is 12.4 Å². The summed E-state index contributed by atoms with van der Waals surface area (Å²) >= 11 is 0. The van der Waals surface area contributed by atoms with Crippen LogP contribution in [0.15, 0.2) is 24.3 Å². The van der Waals surface area contributed by atoms with Crippen LogP contribution in [-0.4, -0.2) is 19.1 Å². The van der Waals surface area contributed by atoms with E-state index < -0.39 is 0 Å². The van der Waals surface area contributed by atoms with Gasteiger partial charge in [0.15, 0.2) is 0 Å². The molecular formula is C15H23N3O. The van der Waals surface area contributed by atoms with Crippen LogP contribution in [0.2, 0.25) is 0 Å². The Bertz CT molecular complexity index is 443. The van der Waals surface area contributed by atoms with E-state index in [2.05, 4.69) is 35.9 Å². The molecular weight excluding hydrogens is 238 g/mol. The molecule has 2 atom stereocenters. The number of carbonyl (C=O) groups is 1. The van der Waals surface area contributed by atoms with Gasteiger partial charge in [0, 0.05) is 17.8 Å². The van der Waals surface area contributed by atoms with E-state index in [9.17, 15) is 4.79 Å². The van der Waals surface area contributed by atoms with E-state index in [1.54, 1.807) is 0 Å². The average Bonchev–Trinajstić information content (AvgIpc) is 3.22. The molecule has 3 N–H and O–H groups in total. The Morgan fingerprint density at radius 3 is 2.68 bits per heavy atom. The molecule has 4 heteroatoms. The third-order valence-corrected chi connectivity index (χ3v) is 3.77. The first-order valence-electron chi connectivity index (χ1n) is 6.95. The number of anilines is 1. The lowest BCUT2D eigenvalue weighted by molar-refractivity contribution is 0.248. The quantitative estimate of drug-likeness (QED) is 0.763. The summed E-state index contributed by atoms with van der Waals surface area (Å²) in [5, 5.41) is 9.07. The summed E-state index contributed by atoms with van der Waals surface area (Å²) in [7, 11) is 1.93. The highest BCUT2D eigenvalue weighted by atomic mass is 16.2. The van der Waals surface area contributed by atoms with Crippen LogP contribution in [0.3, 0.4) is 0 Å². The molecule has 1 aliphatic rings. The predicted molar refractivity (Wildman–Crippen MR) is 78.3 cm³/mol. The Morgan fingerprint density at radius 2 is 2.05 bits per heavy atom. The number of rotatable bonds is 5. The summed E-state index contributed by atoms with van der Waals surface area (Å²) in [5.74, 6) is 0.668. The zero-order valence-corrected chi connectivity index (χ0v) is 11.9. The van der Waals surface area contributed by atoms with Crippen molar-refractivity contribution < 1.29 is 4.79 Å². The normalized spacial score (nSPS) is 17.6. The first-order valence-corrected chi connectivity index (χ1v) is 6.95. The molecule has 1 fully saturated rings. The zero-order chi connectivity index (χ0) is 13.8. The van der Waals surface area contributed by atoms with Crippen molar-refractivity contribution in [3.8, 4) is 0 Å². The summed E-state index contributed by atoms with van der Waals surface area (Å²) in [6, 6.07) is 8.35. The lowest BCUT2D eigenvalue weighted by Crippen LogP contribution is -2.37. The van der Waals surface area contributed by atoms with Crippen LogP contribution in [0.4, 0.5) is 10.5 Å². The maximum absolute atomic E-state index is 11.9. The van der Waals surface area contributed by atoms with Gasteiger partial charge in [-0.1, -0.05) is 12.1 Å². The van der Waals surface area contributed by atoms with Crippen molar-refractivity contribution in [1.82, 2.24) is 10.6 Å². The van der Waals surface area contributed by atoms with Crippen molar-refractivity contribution in [3.63, 3.8) is 0 Å². The van der Waals surface area contributed by atoms with E-state index in [-0.39, 0.29) is 18.1 Å². The predicted octanol–water partition coefficient (Wildman–Crippen LogP) is 2.89. The van der Waals surface area contributed by atoms with E-state index in [0.717, 1.165) is 11.3 Å². The van der Waals surface area contributed by atoms with E-state index in [1.807, 2.05) is 25.2 Å². The topological polar surface area (TPSA) is 53.2 Å². The van der Waals surface area contributed by atoms with Crippen LogP contribution >= 0.6 is 0 Å². The molecule has 0 radical (unpaired) electrons. The van der Waals surface area contributed by atoms with E-state index in [1.165, 1.54) is 12.8 Å². The van der Waals surface area contributed by atoms with Gasteiger partial charge in [0.2, 0.25) is 0 Å². The van der Waals surface area contributed by atoms with Crippen LogP contribution in [-0.2, 0) is 0 Å². The second kappa shape index (κ2) is 6.06. The molecule has 1 aromatic rings. The lowest BCUT2D eigenvalue weighted by Gasteiger charge is -2.15. The van der Waals surface area contributed by atoms with Crippen molar-refractivity contribution >= 4 is 11.7 Å². The molecule has 104 valence electrons. The Morgan fingerprint density at radius 1 is 1.32 bits per heavy atom. The molecule has 0 aromatic heterocycles. The van der Waals surface area contributed by atoms with Gasteiger partial charge < -0.3 is 16.0 Å². The van der Waals surface area contributed by atoms with Gasteiger partial charge >= 0.3 is 6.03 Å².